The van der Waals surface area contributed by atoms with Crippen LogP contribution < -0.4 is 10.2 Å². The van der Waals surface area contributed by atoms with Crippen molar-refractivity contribution in [3.05, 3.63) is 22.3 Å². The Morgan fingerprint density at radius 1 is 1.59 bits per heavy atom. The Hall–Kier alpha value is -1.10. The predicted molar refractivity (Wildman–Crippen MR) is 73.2 cm³/mol. The molecule has 0 spiro atoms. The Morgan fingerprint density at radius 2 is 2.29 bits per heavy atom. The number of hydrogen-bond donors (Lipinski definition) is 1. The first-order valence-corrected chi connectivity index (χ1v) is 6.45. The molecule has 17 heavy (non-hydrogen) atoms. The SMILES string of the molecule is CCCN(CC(=O)NC)c1ncc(Br)cc1C. The third kappa shape index (κ3) is 4.00. The molecule has 1 N–H and O–H groups in total. The molecular formula is C12H18BrN3O. The first-order chi connectivity index (χ1) is 8.08. The van der Waals surface area contributed by atoms with Crippen LogP contribution in [-0.2, 0) is 4.79 Å². The molecule has 0 fully saturated rings. The number of rotatable bonds is 5. The minimum Gasteiger partial charge on any atom is -0.358 e. The lowest BCUT2D eigenvalue weighted by atomic mass is 10.2. The van der Waals surface area contributed by atoms with E-state index in [9.17, 15) is 4.79 Å². The monoisotopic (exact) mass is 299 g/mol. The van der Waals surface area contributed by atoms with Gasteiger partial charge in [-0.3, -0.25) is 4.79 Å². The summed E-state index contributed by atoms with van der Waals surface area (Å²) < 4.78 is 0.954. The van der Waals surface area contributed by atoms with E-state index < -0.39 is 0 Å². The summed E-state index contributed by atoms with van der Waals surface area (Å²) >= 11 is 3.39. The van der Waals surface area contributed by atoms with Gasteiger partial charge in [0.15, 0.2) is 0 Å². The fraction of sp³-hybridized carbons (Fsp3) is 0.500. The lowest BCUT2D eigenvalue weighted by Crippen LogP contribution is -2.37. The fourth-order valence-electron chi connectivity index (χ4n) is 1.65. The van der Waals surface area contributed by atoms with Crippen molar-refractivity contribution in [2.75, 3.05) is 25.0 Å². The summed E-state index contributed by atoms with van der Waals surface area (Å²) in [5.74, 6) is 0.876. The van der Waals surface area contributed by atoms with Crippen LogP contribution in [0, 0.1) is 6.92 Å². The molecule has 0 bridgehead atoms. The highest BCUT2D eigenvalue weighted by atomic mass is 79.9. The summed E-state index contributed by atoms with van der Waals surface area (Å²) in [6.07, 6.45) is 2.74. The predicted octanol–water partition coefficient (Wildman–Crippen LogP) is 2.11. The highest BCUT2D eigenvalue weighted by Gasteiger charge is 2.13. The van der Waals surface area contributed by atoms with Gasteiger partial charge in [0.2, 0.25) is 5.91 Å². The van der Waals surface area contributed by atoms with Crippen LogP contribution in [0.1, 0.15) is 18.9 Å². The van der Waals surface area contributed by atoms with Crippen molar-refractivity contribution in [1.29, 1.82) is 0 Å². The molecule has 4 nitrogen and oxygen atoms in total. The van der Waals surface area contributed by atoms with Gasteiger partial charge in [0, 0.05) is 24.3 Å². The van der Waals surface area contributed by atoms with Crippen molar-refractivity contribution in [2.45, 2.75) is 20.3 Å². The number of amides is 1. The summed E-state index contributed by atoms with van der Waals surface area (Å²) in [5, 5.41) is 2.64. The number of aryl methyl sites for hydroxylation is 1. The van der Waals surface area contributed by atoms with Gasteiger partial charge in [-0.1, -0.05) is 6.92 Å². The van der Waals surface area contributed by atoms with Crippen LogP contribution >= 0.6 is 15.9 Å². The van der Waals surface area contributed by atoms with Crippen LogP contribution in [0.2, 0.25) is 0 Å². The number of aromatic nitrogens is 1. The van der Waals surface area contributed by atoms with Crippen LogP contribution in [-0.4, -0.2) is 31.0 Å². The molecule has 0 unspecified atom stereocenters. The Balaban J connectivity index is 2.92. The van der Waals surface area contributed by atoms with E-state index in [4.69, 9.17) is 0 Å². The number of likely N-dealkylation sites (N-methyl/N-ethyl adjacent to an activating group) is 1. The van der Waals surface area contributed by atoms with E-state index in [0.717, 1.165) is 28.8 Å². The van der Waals surface area contributed by atoms with Gasteiger partial charge in [-0.2, -0.15) is 0 Å². The zero-order valence-electron chi connectivity index (χ0n) is 10.5. The largest absolute Gasteiger partial charge is 0.358 e. The molecule has 1 aromatic heterocycles. The van der Waals surface area contributed by atoms with E-state index in [-0.39, 0.29) is 5.91 Å². The molecule has 1 amide bonds. The molecule has 0 aliphatic carbocycles. The number of anilines is 1. The number of hydrogen-bond acceptors (Lipinski definition) is 3. The molecule has 0 aromatic carbocycles. The van der Waals surface area contributed by atoms with E-state index >= 15 is 0 Å². The topological polar surface area (TPSA) is 45.2 Å². The van der Waals surface area contributed by atoms with Gasteiger partial charge in [0.1, 0.15) is 5.82 Å². The van der Waals surface area contributed by atoms with Crippen molar-refractivity contribution in [3.8, 4) is 0 Å². The molecule has 94 valence electrons. The van der Waals surface area contributed by atoms with E-state index in [1.807, 2.05) is 17.9 Å². The zero-order chi connectivity index (χ0) is 12.8. The van der Waals surface area contributed by atoms with Crippen LogP contribution in [0.4, 0.5) is 5.82 Å². The van der Waals surface area contributed by atoms with Gasteiger partial charge < -0.3 is 10.2 Å². The Labute approximate surface area is 111 Å². The molecule has 0 aliphatic heterocycles. The maximum absolute atomic E-state index is 11.5. The maximum atomic E-state index is 11.5. The molecule has 1 aromatic rings. The zero-order valence-corrected chi connectivity index (χ0v) is 12.0. The first kappa shape index (κ1) is 14.0. The molecule has 1 heterocycles. The van der Waals surface area contributed by atoms with Crippen LogP contribution in [0.3, 0.4) is 0 Å². The normalized spacial score (nSPS) is 10.1. The third-order valence-electron chi connectivity index (χ3n) is 2.42. The number of pyridine rings is 1. The summed E-state index contributed by atoms with van der Waals surface area (Å²) in [6.45, 7) is 5.26. The molecule has 0 radical (unpaired) electrons. The number of halogens is 1. The van der Waals surface area contributed by atoms with Gasteiger partial charge in [0.25, 0.3) is 0 Å². The number of nitrogens with zero attached hydrogens (tertiary/aromatic N) is 2. The minimum atomic E-state index is 0.00238. The van der Waals surface area contributed by atoms with E-state index in [2.05, 4.69) is 33.2 Å². The second-order valence-electron chi connectivity index (χ2n) is 3.89. The first-order valence-electron chi connectivity index (χ1n) is 5.66. The van der Waals surface area contributed by atoms with Gasteiger partial charge in [-0.15, -0.1) is 0 Å². The molecule has 5 heteroatoms. The highest BCUT2D eigenvalue weighted by molar-refractivity contribution is 9.10. The van der Waals surface area contributed by atoms with E-state index in [1.54, 1.807) is 13.2 Å². The Kier molecular flexibility index (Phi) is 5.41. The maximum Gasteiger partial charge on any atom is 0.239 e. The number of carbonyl (C=O) groups excluding carboxylic acids is 1. The van der Waals surface area contributed by atoms with Crippen LogP contribution in [0.15, 0.2) is 16.7 Å². The summed E-state index contributed by atoms with van der Waals surface area (Å²) in [7, 11) is 1.65. The molecule has 1 rings (SSSR count). The summed E-state index contributed by atoms with van der Waals surface area (Å²) in [4.78, 5) is 17.8. The highest BCUT2D eigenvalue weighted by Crippen LogP contribution is 2.20. The van der Waals surface area contributed by atoms with Gasteiger partial charge in [-0.05, 0) is 40.9 Å². The second-order valence-corrected chi connectivity index (χ2v) is 4.80. The smallest absolute Gasteiger partial charge is 0.239 e. The van der Waals surface area contributed by atoms with Crippen molar-refractivity contribution < 1.29 is 4.79 Å². The average Bonchev–Trinajstić information content (AvgIpc) is 2.28. The number of nitrogens with one attached hydrogen (secondary N) is 1. The summed E-state index contributed by atoms with van der Waals surface area (Å²) in [6, 6.07) is 2.01. The van der Waals surface area contributed by atoms with Crippen LogP contribution in [0.5, 0.6) is 0 Å². The van der Waals surface area contributed by atoms with Crippen molar-refractivity contribution in [1.82, 2.24) is 10.3 Å². The molecule has 0 saturated carbocycles. The van der Waals surface area contributed by atoms with Gasteiger partial charge in [0.05, 0.1) is 6.54 Å². The fourth-order valence-corrected chi connectivity index (χ4v) is 2.09. The standard InChI is InChI=1S/C12H18BrN3O/c1-4-5-16(8-11(17)14-3)12-9(2)6-10(13)7-15-12/h6-7H,4-5,8H2,1-3H3,(H,14,17). The summed E-state index contributed by atoms with van der Waals surface area (Å²) in [5.41, 5.74) is 1.07. The van der Waals surface area contributed by atoms with Crippen molar-refractivity contribution >= 4 is 27.7 Å². The third-order valence-corrected chi connectivity index (χ3v) is 2.86. The molecule has 0 saturated heterocycles. The van der Waals surface area contributed by atoms with E-state index in [1.165, 1.54) is 0 Å². The van der Waals surface area contributed by atoms with Gasteiger partial charge >= 0.3 is 0 Å². The van der Waals surface area contributed by atoms with Crippen molar-refractivity contribution in [2.24, 2.45) is 0 Å². The second kappa shape index (κ2) is 6.59. The Bertz CT molecular complexity index is 395. The quantitative estimate of drug-likeness (QED) is 0.906. The molecule has 0 aliphatic rings. The average molecular weight is 300 g/mol. The lowest BCUT2D eigenvalue weighted by molar-refractivity contribution is -0.119. The molecular weight excluding hydrogens is 282 g/mol. The molecule has 0 atom stereocenters. The minimum absolute atomic E-state index is 0.00238. The van der Waals surface area contributed by atoms with E-state index in [0.29, 0.717) is 6.54 Å². The van der Waals surface area contributed by atoms with Gasteiger partial charge in [-0.25, -0.2) is 4.98 Å². The Morgan fingerprint density at radius 3 is 2.82 bits per heavy atom. The number of carbonyl (C=O) groups is 1. The lowest BCUT2D eigenvalue weighted by Gasteiger charge is -2.23. The van der Waals surface area contributed by atoms with Crippen molar-refractivity contribution in [3.63, 3.8) is 0 Å². The van der Waals surface area contributed by atoms with Crippen LogP contribution in [0.25, 0.3) is 0 Å².